The van der Waals surface area contributed by atoms with E-state index in [1.165, 1.54) is 25.0 Å². The van der Waals surface area contributed by atoms with Gasteiger partial charge in [-0.1, -0.05) is 13.8 Å². The number of fused-ring (bicyclic) bond motifs is 1. The Hall–Kier alpha value is -0.460. The van der Waals surface area contributed by atoms with E-state index in [1.807, 2.05) is 0 Å². The van der Waals surface area contributed by atoms with E-state index in [0.29, 0.717) is 5.41 Å². The van der Waals surface area contributed by atoms with Gasteiger partial charge in [-0.15, -0.1) is 0 Å². The van der Waals surface area contributed by atoms with Crippen LogP contribution in [-0.4, -0.2) is 5.60 Å². The van der Waals surface area contributed by atoms with E-state index in [1.54, 1.807) is 5.57 Å². The molecule has 3 aliphatic carbocycles. The molecule has 1 aliphatic heterocycles. The molecule has 0 aromatic heterocycles. The third-order valence-electron chi connectivity index (χ3n) is 7.01. The van der Waals surface area contributed by atoms with Crippen molar-refractivity contribution in [2.45, 2.75) is 59.5 Å². The SMILES string of the molecule is CC1=C2[C@@H]3[C@@H](C[C@]4(C)C[C@@H](C[C@H]34)[C@H]2C)C(C)(C)O1. The second-order valence-electron chi connectivity index (χ2n) is 8.30. The van der Waals surface area contributed by atoms with Gasteiger partial charge in [-0.25, -0.2) is 0 Å². The standard InChI is InChI=1S/C17H26O/c1-9-11-6-12-15-13(8-17(12,5)7-11)16(3,4)18-10(2)14(9)15/h9,11-13,15H,6-8H2,1-5H3/t9-,11-,12-,13-,15+,17+/m1/s1. The highest BCUT2D eigenvalue weighted by molar-refractivity contribution is 5.31. The van der Waals surface area contributed by atoms with Crippen LogP contribution in [0.2, 0.25) is 0 Å². The zero-order chi connectivity index (χ0) is 12.9. The van der Waals surface area contributed by atoms with E-state index in [4.69, 9.17) is 4.74 Å². The molecule has 4 rings (SSSR count). The van der Waals surface area contributed by atoms with Crippen LogP contribution in [0.25, 0.3) is 0 Å². The van der Waals surface area contributed by atoms with Crippen LogP contribution >= 0.6 is 0 Å². The molecule has 0 radical (unpaired) electrons. The van der Waals surface area contributed by atoms with Crippen molar-refractivity contribution in [3.05, 3.63) is 11.3 Å². The number of hydrogen-bond donors (Lipinski definition) is 0. The average Bonchev–Trinajstić information content (AvgIpc) is 2.67. The summed E-state index contributed by atoms with van der Waals surface area (Å²) < 4.78 is 6.34. The van der Waals surface area contributed by atoms with Crippen molar-refractivity contribution in [2.75, 3.05) is 0 Å². The molecule has 1 heteroatoms. The molecule has 0 saturated heterocycles. The molecule has 0 unspecified atom stereocenters. The molecule has 6 atom stereocenters. The normalized spacial score (nSPS) is 55.7. The van der Waals surface area contributed by atoms with E-state index in [2.05, 4.69) is 34.6 Å². The summed E-state index contributed by atoms with van der Waals surface area (Å²) in [6, 6.07) is 0. The first-order chi connectivity index (χ1) is 8.33. The van der Waals surface area contributed by atoms with E-state index in [0.717, 1.165) is 29.6 Å². The van der Waals surface area contributed by atoms with Crippen LogP contribution in [0.4, 0.5) is 0 Å². The Balaban J connectivity index is 1.93. The molecule has 1 heterocycles. The van der Waals surface area contributed by atoms with Crippen LogP contribution in [0.5, 0.6) is 0 Å². The molecule has 0 aromatic rings. The van der Waals surface area contributed by atoms with Gasteiger partial charge in [0.05, 0.1) is 5.76 Å². The highest BCUT2D eigenvalue weighted by atomic mass is 16.5. The monoisotopic (exact) mass is 246 g/mol. The molecule has 4 aliphatic rings. The first-order valence-corrected chi connectivity index (χ1v) is 7.73. The summed E-state index contributed by atoms with van der Waals surface area (Å²) in [6.07, 6.45) is 4.36. The first-order valence-electron chi connectivity index (χ1n) is 7.73. The van der Waals surface area contributed by atoms with E-state index in [-0.39, 0.29) is 5.60 Å². The van der Waals surface area contributed by atoms with Crippen LogP contribution in [-0.2, 0) is 4.74 Å². The highest BCUT2D eigenvalue weighted by Gasteiger charge is 2.65. The molecular weight excluding hydrogens is 220 g/mol. The van der Waals surface area contributed by atoms with Crippen molar-refractivity contribution in [2.24, 2.45) is 35.0 Å². The van der Waals surface area contributed by atoms with Gasteiger partial charge in [-0.3, -0.25) is 0 Å². The maximum Gasteiger partial charge on any atom is 0.106 e. The maximum absolute atomic E-state index is 6.34. The van der Waals surface area contributed by atoms with Gasteiger partial charge in [0, 0.05) is 5.92 Å². The van der Waals surface area contributed by atoms with E-state index < -0.39 is 0 Å². The third-order valence-corrected chi connectivity index (χ3v) is 7.01. The summed E-state index contributed by atoms with van der Waals surface area (Å²) in [7, 11) is 0. The molecule has 0 amide bonds. The molecule has 100 valence electrons. The number of allylic oxidation sites excluding steroid dienone is 2. The quantitative estimate of drug-likeness (QED) is 0.616. The predicted octanol–water partition coefficient (Wildman–Crippen LogP) is 4.39. The molecule has 2 bridgehead atoms. The first kappa shape index (κ1) is 11.4. The summed E-state index contributed by atoms with van der Waals surface area (Å²) in [6.45, 7) is 11.9. The predicted molar refractivity (Wildman–Crippen MR) is 72.9 cm³/mol. The minimum absolute atomic E-state index is 0.0537. The third kappa shape index (κ3) is 1.10. The molecule has 0 spiro atoms. The van der Waals surface area contributed by atoms with Gasteiger partial charge in [-0.05, 0) is 74.7 Å². The Kier molecular flexibility index (Phi) is 1.89. The number of hydrogen-bond acceptors (Lipinski definition) is 1. The lowest BCUT2D eigenvalue weighted by Crippen LogP contribution is -2.45. The molecular formula is C17H26O. The summed E-state index contributed by atoms with van der Waals surface area (Å²) in [5.74, 6) is 5.53. The van der Waals surface area contributed by atoms with Crippen LogP contribution in [0, 0.1) is 35.0 Å². The van der Waals surface area contributed by atoms with Crippen LogP contribution in [0.3, 0.4) is 0 Å². The van der Waals surface area contributed by atoms with Gasteiger partial charge in [0.2, 0.25) is 0 Å². The van der Waals surface area contributed by atoms with Crippen molar-refractivity contribution in [1.82, 2.24) is 0 Å². The second-order valence-corrected chi connectivity index (χ2v) is 8.30. The fourth-order valence-electron chi connectivity index (χ4n) is 6.30. The van der Waals surface area contributed by atoms with Crippen molar-refractivity contribution in [3.63, 3.8) is 0 Å². The zero-order valence-electron chi connectivity index (χ0n) is 12.4. The topological polar surface area (TPSA) is 9.23 Å². The van der Waals surface area contributed by atoms with Crippen molar-refractivity contribution in [3.8, 4) is 0 Å². The molecule has 18 heavy (non-hydrogen) atoms. The van der Waals surface area contributed by atoms with Crippen LogP contribution in [0.1, 0.15) is 53.9 Å². The molecule has 1 nitrogen and oxygen atoms in total. The van der Waals surface area contributed by atoms with Crippen LogP contribution < -0.4 is 0 Å². The van der Waals surface area contributed by atoms with E-state index in [9.17, 15) is 0 Å². The maximum atomic E-state index is 6.34. The lowest BCUT2D eigenvalue weighted by molar-refractivity contribution is -0.0623. The van der Waals surface area contributed by atoms with Gasteiger partial charge in [0.15, 0.2) is 0 Å². The molecule has 0 N–H and O–H groups in total. The minimum Gasteiger partial charge on any atom is -0.492 e. The zero-order valence-corrected chi connectivity index (χ0v) is 12.4. The van der Waals surface area contributed by atoms with Gasteiger partial charge in [0.25, 0.3) is 0 Å². The summed E-state index contributed by atoms with van der Waals surface area (Å²) >= 11 is 0. The van der Waals surface area contributed by atoms with E-state index >= 15 is 0 Å². The minimum atomic E-state index is 0.0537. The molecule has 3 fully saturated rings. The smallest absolute Gasteiger partial charge is 0.106 e. The lowest BCUT2D eigenvalue weighted by atomic mass is 9.63. The number of rotatable bonds is 0. The Morgan fingerprint density at radius 2 is 1.83 bits per heavy atom. The Labute approximate surface area is 111 Å². The van der Waals surface area contributed by atoms with Crippen molar-refractivity contribution >= 4 is 0 Å². The summed E-state index contributed by atoms with van der Waals surface area (Å²) in [5, 5.41) is 0. The summed E-state index contributed by atoms with van der Waals surface area (Å²) in [5.41, 5.74) is 2.38. The Morgan fingerprint density at radius 1 is 1.11 bits per heavy atom. The van der Waals surface area contributed by atoms with Gasteiger partial charge in [-0.2, -0.15) is 0 Å². The Bertz CT molecular complexity index is 447. The Morgan fingerprint density at radius 3 is 2.56 bits per heavy atom. The summed E-state index contributed by atoms with van der Waals surface area (Å²) in [4.78, 5) is 0. The fraction of sp³-hybridized carbons (Fsp3) is 0.882. The fourth-order valence-corrected chi connectivity index (χ4v) is 6.30. The highest BCUT2D eigenvalue weighted by Crippen LogP contribution is 2.71. The van der Waals surface area contributed by atoms with Crippen LogP contribution in [0.15, 0.2) is 11.3 Å². The number of ether oxygens (including phenoxy) is 1. The largest absolute Gasteiger partial charge is 0.492 e. The lowest BCUT2D eigenvalue weighted by Gasteiger charge is -2.49. The average molecular weight is 246 g/mol. The van der Waals surface area contributed by atoms with Crippen molar-refractivity contribution < 1.29 is 4.74 Å². The molecule has 3 saturated carbocycles. The molecule has 0 aromatic carbocycles. The van der Waals surface area contributed by atoms with Gasteiger partial charge in [0.1, 0.15) is 5.60 Å². The second kappa shape index (κ2) is 2.99. The van der Waals surface area contributed by atoms with Gasteiger partial charge < -0.3 is 4.74 Å². The van der Waals surface area contributed by atoms with Gasteiger partial charge >= 0.3 is 0 Å². The van der Waals surface area contributed by atoms with Crippen molar-refractivity contribution in [1.29, 1.82) is 0 Å².